The Morgan fingerprint density at radius 1 is 1.23 bits per heavy atom. The van der Waals surface area contributed by atoms with Gasteiger partial charge in [-0.25, -0.2) is 4.98 Å². The lowest BCUT2D eigenvalue weighted by Gasteiger charge is -2.20. The van der Waals surface area contributed by atoms with Gasteiger partial charge in [0, 0.05) is 7.05 Å². The van der Waals surface area contributed by atoms with E-state index < -0.39 is 0 Å². The summed E-state index contributed by atoms with van der Waals surface area (Å²) in [6.45, 7) is 7.06. The maximum atomic E-state index is 12.6. The third kappa shape index (κ3) is 2.54. The van der Waals surface area contributed by atoms with Crippen LogP contribution in [0.15, 0.2) is 41.6 Å². The van der Waals surface area contributed by atoms with Crippen molar-refractivity contribution in [3.63, 3.8) is 0 Å². The van der Waals surface area contributed by atoms with Crippen molar-refractivity contribution in [2.75, 3.05) is 0 Å². The number of benzene rings is 1. The number of aryl methyl sites for hydroxylation is 1. The second-order valence-corrected chi connectivity index (χ2v) is 6.63. The molecule has 0 amide bonds. The van der Waals surface area contributed by atoms with Crippen molar-refractivity contribution in [2.45, 2.75) is 32.7 Å². The quantitative estimate of drug-likeness (QED) is 0.730. The monoisotopic (exact) mass is 296 g/mol. The molecule has 0 atom stereocenters. The Kier molecular flexibility index (Phi) is 3.35. The molecule has 0 saturated carbocycles. The second kappa shape index (κ2) is 5.09. The van der Waals surface area contributed by atoms with Crippen LogP contribution >= 0.6 is 0 Å². The largest absolute Gasteiger partial charge is 0.293 e. The van der Waals surface area contributed by atoms with Gasteiger partial charge in [0.1, 0.15) is 5.52 Å². The van der Waals surface area contributed by atoms with E-state index in [2.05, 4.69) is 43.0 Å². The molecule has 3 rings (SSSR count). The summed E-state index contributed by atoms with van der Waals surface area (Å²) < 4.78 is 3.21. The van der Waals surface area contributed by atoms with Crippen LogP contribution in [-0.4, -0.2) is 19.3 Å². The number of nitrogens with zero attached hydrogens (tertiary/aromatic N) is 4. The first-order valence-electron chi connectivity index (χ1n) is 7.33. The van der Waals surface area contributed by atoms with E-state index in [1.165, 1.54) is 5.56 Å². The third-order valence-electron chi connectivity index (χ3n) is 3.87. The normalized spacial score (nSPS) is 12.0. The number of hydrogen-bond donors (Lipinski definition) is 0. The number of hydrogen-bond acceptors (Lipinski definition) is 3. The molecule has 2 aromatic heterocycles. The molecule has 0 N–H and O–H groups in total. The van der Waals surface area contributed by atoms with E-state index in [1.54, 1.807) is 28.8 Å². The van der Waals surface area contributed by atoms with Crippen molar-refractivity contribution in [3.8, 4) is 0 Å². The zero-order chi connectivity index (χ0) is 15.9. The molecule has 0 saturated heterocycles. The van der Waals surface area contributed by atoms with Crippen molar-refractivity contribution in [3.05, 3.63) is 58.3 Å². The minimum absolute atomic E-state index is 0.0637. The standard InChI is InChI=1S/C17H20N4O/c1-17(2,3)13-7-5-6-12(8-13)10-21-11-18-14-9-19-20(4)15(14)16(21)22/h5-9,11H,10H2,1-4H3. The Labute approximate surface area is 129 Å². The summed E-state index contributed by atoms with van der Waals surface area (Å²) >= 11 is 0. The van der Waals surface area contributed by atoms with Crippen molar-refractivity contribution in [2.24, 2.45) is 7.05 Å². The molecule has 0 radical (unpaired) electrons. The highest BCUT2D eigenvalue weighted by Gasteiger charge is 2.14. The van der Waals surface area contributed by atoms with Crippen LogP contribution in [0.4, 0.5) is 0 Å². The van der Waals surface area contributed by atoms with Gasteiger partial charge in [0.15, 0.2) is 5.52 Å². The lowest BCUT2D eigenvalue weighted by Crippen LogP contribution is -2.23. The van der Waals surface area contributed by atoms with Gasteiger partial charge >= 0.3 is 0 Å². The molecular weight excluding hydrogens is 276 g/mol. The fourth-order valence-corrected chi connectivity index (χ4v) is 2.53. The molecule has 0 aliphatic carbocycles. The van der Waals surface area contributed by atoms with Gasteiger partial charge in [-0.1, -0.05) is 45.0 Å². The minimum atomic E-state index is -0.0637. The molecule has 0 unspecified atom stereocenters. The third-order valence-corrected chi connectivity index (χ3v) is 3.87. The van der Waals surface area contributed by atoms with Crippen LogP contribution in [-0.2, 0) is 19.0 Å². The Bertz CT molecular complexity index is 884. The second-order valence-electron chi connectivity index (χ2n) is 6.63. The van der Waals surface area contributed by atoms with E-state index in [0.717, 1.165) is 5.56 Å². The van der Waals surface area contributed by atoms with Crippen LogP contribution in [0.5, 0.6) is 0 Å². The molecule has 1 aromatic carbocycles. The highest BCUT2D eigenvalue weighted by atomic mass is 16.1. The van der Waals surface area contributed by atoms with Crippen LogP contribution < -0.4 is 5.56 Å². The van der Waals surface area contributed by atoms with Gasteiger partial charge in [0.25, 0.3) is 5.56 Å². The summed E-state index contributed by atoms with van der Waals surface area (Å²) in [5.74, 6) is 0. The van der Waals surface area contributed by atoms with Gasteiger partial charge in [-0.2, -0.15) is 5.10 Å². The van der Waals surface area contributed by atoms with E-state index in [4.69, 9.17) is 0 Å². The van der Waals surface area contributed by atoms with Crippen molar-refractivity contribution in [1.29, 1.82) is 0 Å². The molecule has 2 heterocycles. The Balaban J connectivity index is 2.02. The predicted octanol–water partition coefficient (Wildman–Crippen LogP) is 2.48. The summed E-state index contributed by atoms with van der Waals surface area (Å²) in [5.41, 5.74) is 3.55. The van der Waals surface area contributed by atoms with Crippen molar-refractivity contribution >= 4 is 11.0 Å². The Morgan fingerprint density at radius 3 is 2.73 bits per heavy atom. The SMILES string of the molecule is Cn1ncc2ncn(Cc3cccc(C(C)(C)C)c3)c(=O)c21. The molecule has 0 spiro atoms. The molecule has 0 aliphatic heterocycles. The van der Waals surface area contributed by atoms with Gasteiger partial charge in [-0.15, -0.1) is 0 Å². The van der Waals surface area contributed by atoms with Crippen LogP contribution in [0.2, 0.25) is 0 Å². The molecule has 0 aliphatic rings. The van der Waals surface area contributed by atoms with Crippen LogP contribution in [0.25, 0.3) is 11.0 Å². The average Bonchev–Trinajstić information content (AvgIpc) is 2.84. The molecule has 3 aromatic rings. The fraction of sp³-hybridized carbons (Fsp3) is 0.353. The van der Waals surface area contributed by atoms with Crippen molar-refractivity contribution in [1.82, 2.24) is 19.3 Å². The Morgan fingerprint density at radius 2 is 2.00 bits per heavy atom. The zero-order valence-electron chi connectivity index (χ0n) is 13.4. The number of fused-ring (bicyclic) bond motifs is 1. The first kappa shape index (κ1) is 14.5. The summed E-state index contributed by atoms with van der Waals surface area (Å²) in [6.07, 6.45) is 3.21. The van der Waals surface area contributed by atoms with Gasteiger partial charge in [-0.05, 0) is 16.5 Å². The smallest absolute Gasteiger partial charge is 0.279 e. The molecule has 114 valence electrons. The molecule has 22 heavy (non-hydrogen) atoms. The van der Waals surface area contributed by atoms with E-state index >= 15 is 0 Å². The predicted molar refractivity (Wildman–Crippen MR) is 87.0 cm³/mol. The summed E-state index contributed by atoms with van der Waals surface area (Å²) in [6, 6.07) is 8.35. The number of rotatable bonds is 2. The first-order chi connectivity index (χ1) is 10.4. The van der Waals surface area contributed by atoms with Crippen molar-refractivity contribution < 1.29 is 0 Å². The van der Waals surface area contributed by atoms with Gasteiger partial charge in [0.05, 0.1) is 19.1 Å². The molecule has 0 fully saturated rings. The average molecular weight is 296 g/mol. The fourth-order valence-electron chi connectivity index (χ4n) is 2.53. The Hall–Kier alpha value is -2.43. The molecular formula is C17H20N4O. The van der Waals surface area contributed by atoms with Gasteiger partial charge in [0.2, 0.25) is 0 Å². The first-order valence-corrected chi connectivity index (χ1v) is 7.33. The molecule has 0 bridgehead atoms. The van der Waals surface area contributed by atoms with Gasteiger partial charge in [-0.3, -0.25) is 14.0 Å². The van der Waals surface area contributed by atoms with Crippen LogP contribution in [0.1, 0.15) is 31.9 Å². The lowest BCUT2D eigenvalue weighted by atomic mass is 9.86. The van der Waals surface area contributed by atoms with E-state index in [1.807, 2.05) is 12.1 Å². The van der Waals surface area contributed by atoms with Gasteiger partial charge < -0.3 is 0 Å². The summed E-state index contributed by atoms with van der Waals surface area (Å²) in [5, 5.41) is 4.09. The zero-order valence-corrected chi connectivity index (χ0v) is 13.4. The van der Waals surface area contributed by atoms with E-state index in [9.17, 15) is 4.79 Å². The minimum Gasteiger partial charge on any atom is -0.293 e. The molecule has 5 nitrogen and oxygen atoms in total. The van der Waals surface area contributed by atoms with Crippen LogP contribution in [0, 0.1) is 0 Å². The highest BCUT2D eigenvalue weighted by molar-refractivity contribution is 5.72. The summed E-state index contributed by atoms with van der Waals surface area (Å²) in [4.78, 5) is 16.9. The van der Waals surface area contributed by atoms with E-state index in [-0.39, 0.29) is 11.0 Å². The maximum absolute atomic E-state index is 12.6. The highest BCUT2D eigenvalue weighted by Crippen LogP contribution is 2.23. The number of aromatic nitrogens is 4. The van der Waals surface area contributed by atoms with Crippen LogP contribution in [0.3, 0.4) is 0 Å². The molecule has 5 heteroatoms. The maximum Gasteiger partial charge on any atom is 0.279 e. The summed E-state index contributed by atoms with van der Waals surface area (Å²) in [7, 11) is 1.76. The topological polar surface area (TPSA) is 52.7 Å². The lowest BCUT2D eigenvalue weighted by molar-refractivity contribution is 0.588. The van der Waals surface area contributed by atoms with E-state index in [0.29, 0.717) is 17.6 Å².